The lowest BCUT2D eigenvalue weighted by Gasteiger charge is -2.10. The van der Waals surface area contributed by atoms with E-state index in [0.717, 1.165) is 12.1 Å². The molecule has 0 bridgehead atoms. The van der Waals surface area contributed by atoms with Crippen molar-refractivity contribution in [1.29, 1.82) is 0 Å². The molecule has 0 aromatic heterocycles. The summed E-state index contributed by atoms with van der Waals surface area (Å²) in [6.07, 6.45) is -5.85. The smallest absolute Gasteiger partial charge is 0.390 e. The molecule has 108 valence electrons. The van der Waals surface area contributed by atoms with Crippen LogP contribution >= 0.6 is 15.9 Å². The fourth-order valence-electron chi connectivity index (χ4n) is 1.16. The Hall–Kier alpha value is -0.870. The molecule has 0 aliphatic heterocycles. The van der Waals surface area contributed by atoms with E-state index >= 15 is 0 Å². The summed E-state index contributed by atoms with van der Waals surface area (Å²) in [5.41, 5.74) is 5.35. The second-order valence-corrected chi connectivity index (χ2v) is 6.16. The molecular formula is C9H9BrF4N2O2S. The summed E-state index contributed by atoms with van der Waals surface area (Å²) >= 11 is 2.90. The molecule has 0 fully saturated rings. The highest BCUT2D eigenvalue weighted by Crippen LogP contribution is 2.26. The van der Waals surface area contributed by atoms with E-state index in [-0.39, 0.29) is 10.2 Å². The summed E-state index contributed by atoms with van der Waals surface area (Å²) in [7, 11) is -4.38. The SMILES string of the molecule is Nc1cc(S(=O)(=O)NCCC(F)(F)F)c(F)cc1Br. The van der Waals surface area contributed by atoms with Crippen LogP contribution in [0.3, 0.4) is 0 Å². The highest BCUT2D eigenvalue weighted by Gasteiger charge is 2.28. The first-order valence-corrected chi connectivity index (χ1v) is 7.11. The Morgan fingerprint density at radius 3 is 2.42 bits per heavy atom. The molecular weight excluding hydrogens is 356 g/mol. The number of alkyl halides is 3. The van der Waals surface area contributed by atoms with Crippen LogP contribution in [0.5, 0.6) is 0 Å². The minimum atomic E-state index is -4.50. The highest BCUT2D eigenvalue weighted by atomic mass is 79.9. The molecule has 0 amide bonds. The summed E-state index contributed by atoms with van der Waals surface area (Å²) in [5.74, 6) is -1.11. The summed E-state index contributed by atoms with van der Waals surface area (Å²) in [4.78, 5) is -0.796. The molecule has 0 unspecified atom stereocenters. The predicted octanol–water partition coefficient (Wildman–Crippen LogP) is 2.40. The molecule has 1 aromatic rings. The van der Waals surface area contributed by atoms with Crippen LogP contribution in [-0.4, -0.2) is 21.1 Å². The lowest BCUT2D eigenvalue weighted by molar-refractivity contribution is -0.132. The summed E-state index contributed by atoms with van der Waals surface area (Å²) < 4.78 is 74.2. The van der Waals surface area contributed by atoms with Crippen molar-refractivity contribution < 1.29 is 26.0 Å². The molecule has 0 atom stereocenters. The molecule has 4 nitrogen and oxygen atoms in total. The van der Waals surface area contributed by atoms with E-state index < -0.39 is 39.9 Å². The third-order valence-corrected chi connectivity index (χ3v) is 4.20. The summed E-state index contributed by atoms with van der Waals surface area (Å²) in [6, 6.07) is 1.66. The molecule has 0 aliphatic carbocycles. The maximum atomic E-state index is 13.5. The number of hydrogen-bond acceptors (Lipinski definition) is 3. The Balaban J connectivity index is 2.92. The first-order valence-electron chi connectivity index (χ1n) is 4.84. The van der Waals surface area contributed by atoms with Gasteiger partial charge in [0, 0.05) is 16.7 Å². The van der Waals surface area contributed by atoms with Gasteiger partial charge in [-0.2, -0.15) is 13.2 Å². The van der Waals surface area contributed by atoms with Gasteiger partial charge in [-0.25, -0.2) is 17.5 Å². The number of rotatable bonds is 4. The van der Waals surface area contributed by atoms with Crippen LogP contribution in [0.4, 0.5) is 23.2 Å². The number of halogens is 5. The Kier molecular flexibility index (Phi) is 4.80. The monoisotopic (exact) mass is 364 g/mol. The fourth-order valence-corrected chi connectivity index (χ4v) is 2.60. The normalized spacial score (nSPS) is 12.7. The van der Waals surface area contributed by atoms with Gasteiger partial charge in [-0.15, -0.1) is 0 Å². The fraction of sp³-hybridized carbons (Fsp3) is 0.333. The lowest BCUT2D eigenvalue weighted by Crippen LogP contribution is -2.28. The second-order valence-electron chi connectivity index (χ2n) is 3.57. The number of anilines is 1. The van der Waals surface area contributed by atoms with Crippen LogP contribution in [0, 0.1) is 5.82 Å². The topological polar surface area (TPSA) is 72.2 Å². The van der Waals surface area contributed by atoms with Gasteiger partial charge in [-0.05, 0) is 28.1 Å². The summed E-state index contributed by atoms with van der Waals surface area (Å²) in [6.45, 7) is -0.874. The van der Waals surface area contributed by atoms with Gasteiger partial charge in [0.1, 0.15) is 10.7 Å². The molecule has 0 aliphatic rings. The zero-order chi connectivity index (χ0) is 14.8. The Morgan fingerprint density at radius 1 is 1.32 bits per heavy atom. The van der Waals surface area contributed by atoms with Crippen LogP contribution in [-0.2, 0) is 10.0 Å². The van der Waals surface area contributed by atoms with Crippen molar-refractivity contribution in [3.05, 3.63) is 22.4 Å². The molecule has 0 heterocycles. The molecule has 3 N–H and O–H groups in total. The molecule has 10 heteroatoms. The van der Waals surface area contributed by atoms with E-state index in [1.54, 1.807) is 4.72 Å². The van der Waals surface area contributed by atoms with Crippen LogP contribution in [0.1, 0.15) is 6.42 Å². The van der Waals surface area contributed by atoms with E-state index in [9.17, 15) is 26.0 Å². The van der Waals surface area contributed by atoms with Crippen LogP contribution in [0.15, 0.2) is 21.5 Å². The molecule has 19 heavy (non-hydrogen) atoms. The van der Waals surface area contributed by atoms with Crippen LogP contribution in [0.2, 0.25) is 0 Å². The van der Waals surface area contributed by atoms with Gasteiger partial charge < -0.3 is 5.73 Å². The number of benzene rings is 1. The molecule has 1 aromatic carbocycles. The quantitative estimate of drug-likeness (QED) is 0.636. The standard InChI is InChI=1S/C9H9BrF4N2O2S/c10-5-3-6(11)8(4-7(5)15)19(17,18)16-2-1-9(12,13)14/h3-4,16H,1-2,15H2. The van der Waals surface area contributed by atoms with Crippen molar-refractivity contribution in [2.75, 3.05) is 12.3 Å². The average molecular weight is 365 g/mol. The Morgan fingerprint density at radius 2 is 1.89 bits per heavy atom. The molecule has 0 saturated carbocycles. The van der Waals surface area contributed by atoms with Crippen molar-refractivity contribution in [2.24, 2.45) is 0 Å². The van der Waals surface area contributed by atoms with E-state index in [1.165, 1.54) is 0 Å². The highest BCUT2D eigenvalue weighted by molar-refractivity contribution is 9.10. The van der Waals surface area contributed by atoms with E-state index in [1.807, 2.05) is 0 Å². The van der Waals surface area contributed by atoms with Gasteiger partial charge in [0.2, 0.25) is 10.0 Å². The first kappa shape index (κ1) is 16.2. The van der Waals surface area contributed by atoms with Gasteiger partial charge in [0.05, 0.1) is 6.42 Å². The van der Waals surface area contributed by atoms with Gasteiger partial charge >= 0.3 is 6.18 Å². The Labute approximate surface area is 115 Å². The third kappa shape index (κ3) is 4.62. The number of nitrogens with one attached hydrogen (secondary N) is 1. The second kappa shape index (κ2) is 5.63. The third-order valence-electron chi connectivity index (χ3n) is 2.04. The van der Waals surface area contributed by atoms with Gasteiger partial charge in [-0.1, -0.05) is 0 Å². The lowest BCUT2D eigenvalue weighted by atomic mass is 10.3. The van der Waals surface area contributed by atoms with Crippen molar-refractivity contribution in [1.82, 2.24) is 4.72 Å². The zero-order valence-electron chi connectivity index (χ0n) is 9.26. The molecule has 1 rings (SSSR count). The average Bonchev–Trinajstić information content (AvgIpc) is 2.20. The molecule has 0 saturated heterocycles. The predicted molar refractivity (Wildman–Crippen MR) is 64.4 cm³/mol. The minimum absolute atomic E-state index is 0.0439. The van der Waals surface area contributed by atoms with Crippen molar-refractivity contribution in [3.63, 3.8) is 0 Å². The van der Waals surface area contributed by atoms with Crippen molar-refractivity contribution in [2.45, 2.75) is 17.5 Å². The van der Waals surface area contributed by atoms with Crippen LogP contribution in [0.25, 0.3) is 0 Å². The van der Waals surface area contributed by atoms with E-state index in [4.69, 9.17) is 5.73 Å². The number of hydrogen-bond donors (Lipinski definition) is 2. The maximum Gasteiger partial charge on any atom is 0.390 e. The number of nitrogens with two attached hydrogens (primary N) is 1. The summed E-state index contributed by atoms with van der Waals surface area (Å²) in [5, 5.41) is 0. The number of nitrogen functional groups attached to an aromatic ring is 1. The Bertz CT molecular complexity index is 574. The minimum Gasteiger partial charge on any atom is -0.398 e. The number of sulfonamides is 1. The largest absolute Gasteiger partial charge is 0.398 e. The van der Waals surface area contributed by atoms with Crippen molar-refractivity contribution in [3.8, 4) is 0 Å². The zero-order valence-corrected chi connectivity index (χ0v) is 11.7. The van der Waals surface area contributed by atoms with Gasteiger partial charge in [0.15, 0.2) is 0 Å². The van der Waals surface area contributed by atoms with E-state index in [0.29, 0.717) is 0 Å². The van der Waals surface area contributed by atoms with Crippen LogP contribution < -0.4 is 10.5 Å². The first-order chi connectivity index (χ1) is 8.53. The van der Waals surface area contributed by atoms with E-state index in [2.05, 4.69) is 15.9 Å². The maximum absolute atomic E-state index is 13.5. The van der Waals surface area contributed by atoms with Crippen molar-refractivity contribution >= 4 is 31.6 Å². The molecule has 0 spiro atoms. The molecule has 0 radical (unpaired) electrons. The van der Waals surface area contributed by atoms with Gasteiger partial charge in [0.25, 0.3) is 0 Å². The van der Waals surface area contributed by atoms with Gasteiger partial charge in [-0.3, -0.25) is 0 Å².